The lowest BCUT2D eigenvalue weighted by atomic mass is 10.2. The van der Waals surface area contributed by atoms with Gasteiger partial charge in [-0.1, -0.05) is 6.92 Å². The second kappa shape index (κ2) is 6.05. The van der Waals surface area contributed by atoms with Gasteiger partial charge >= 0.3 is 0 Å². The van der Waals surface area contributed by atoms with Crippen molar-refractivity contribution in [2.75, 3.05) is 36.8 Å². The third-order valence-corrected chi connectivity index (χ3v) is 4.00. The molecule has 1 amide bonds. The van der Waals surface area contributed by atoms with Crippen LogP contribution >= 0.6 is 0 Å². The molecule has 22 heavy (non-hydrogen) atoms. The number of benzene rings is 1. The lowest BCUT2D eigenvalue weighted by Gasteiger charge is -2.36. The Morgan fingerprint density at radius 1 is 1.18 bits per heavy atom. The van der Waals surface area contributed by atoms with Crippen molar-refractivity contribution in [3.8, 4) is 5.69 Å². The fourth-order valence-electron chi connectivity index (χ4n) is 2.74. The van der Waals surface area contributed by atoms with Crippen molar-refractivity contribution in [1.82, 2.24) is 19.7 Å². The summed E-state index contributed by atoms with van der Waals surface area (Å²) in [7, 11) is 0. The number of aromatic nitrogens is 3. The SMILES string of the molecule is CCC(=O)N1CCN(c2ccc(-n3cnnc3)cc2N)CC1. The Labute approximate surface area is 129 Å². The summed E-state index contributed by atoms with van der Waals surface area (Å²) in [5, 5.41) is 7.60. The number of piperazine rings is 1. The van der Waals surface area contributed by atoms with Crippen LogP contribution in [-0.2, 0) is 4.79 Å². The van der Waals surface area contributed by atoms with E-state index in [1.165, 1.54) is 0 Å². The maximum absolute atomic E-state index is 11.7. The molecule has 0 bridgehead atoms. The molecule has 1 aliphatic rings. The van der Waals surface area contributed by atoms with Crippen LogP contribution in [0, 0.1) is 0 Å². The zero-order chi connectivity index (χ0) is 15.5. The van der Waals surface area contributed by atoms with Gasteiger partial charge in [-0.2, -0.15) is 0 Å². The Bertz CT molecular complexity index is 646. The molecule has 7 heteroatoms. The number of nitrogen functional groups attached to an aromatic ring is 1. The smallest absolute Gasteiger partial charge is 0.222 e. The summed E-state index contributed by atoms with van der Waals surface area (Å²) < 4.78 is 1.82. The molecule has 0 spiro atoms. The van der Waals surface area contributed by atoms with Gasteiger partial charge in [-0.15, -0.1) is 10.2 Å². The van der Waals surface area contributed by atoms with Gasteiger partial charge in [0.05, 0.1) is 17.1 Å². The highest BCUT2D eigenvalue weighted by Crippen LogP contribution is 2.26. The highest BCUT2D eigenvalue weighted by Gasteiger charge is 2.21. The summed E-state index contributed by atoms with van der Waals surface area (Å²) in [6.07, 6.45) is 3.85. The molecule has 2 N–H and O–H groups in total. The van der Waals surface area contributed by atoms with Gasteiger partial charge in [-0.05, 0) is 18.2 Å². The molecule has 1 aromatic carbocycles. The normalized spacial score (nSPS) is 15.1. The van der Waals surface area contributed by atoms with E-state index in [1.54, 1.807) is 12.7 Å². The molecule has 0 atom stereocenters. The van der Waals surface area contributed by atoms with Crippen molar-refractivity contribution in [3.63, 3.8) is 0 Å². The molecular weight excluding hydrogens is 280 g/mol. The van der Waals surface area contributed by atoms with Crippen LogP contribution in [0.1, 0.15) is 13.3 Å². The number of carbonyl (C=O) groups is 1. The average Bonchev–Trinajstić information content (AvgIpc) is 3.09. The Hall–Kier alpha value is -2.57. The maximum Gasteiger partial charge on any atom is 0.222 e. The summed E-state index contributed by atoms with van der Waals surface area (Å²) in [5.41, 5.74) is 8.88. The first-order valence-electron chi connectivity index (χ1n) is 7.46. The quantitative estimate of drug-likeness (QED) is 0.852. The number of hydrogen-bond donors (Lipinski definition) is 1. The minimum atomic E-state index is 0.218. The van der Waals surface area contributed by atoms with Crippen LogP contribution in [-0.4, -0.2) is 51.8 Å². The molecule has 2 aromatic rings. The Kier molecular flexibility index (Phi) is 3.95. The highest BCUT2D eigenvalue weighted by molar-refractivity contribution is 5.76. The Morgan fingerprint density at radius 3 is 2.45 bits per heavy atom. The molecule has 7 nitrogen and oxygen atoms in total. The van der Waals surface area contributed by atoms with Gasteiger partial charge in [0.15, 0.2) is 0 Å². The van der Waals surface area contributed by atoms with Gasteiger partial charge < -0.3 is 15.5 Å². The fraction of sp³-hybridized carbons (Fsp3) is 0.400. The van der Waals surface area contributed by atoms with Crippen LogP contribution in [0.2, 0.25) is 0 Å². The van der Waals surface area contributed by atoms with Crippen LogP contribution < -0.4 is 10.6 Å². The van der Waals surface area contributed by atoms with Crippen molar-refractivity contribution in [3.05, 3.63) is 30.9 Å². The van der Waals surface area contributed by atoms with Crippen LogP contribution in [0.15, 0.2) is 30.9 Å². The van der Waals surface area contributed by atoms with E-state index >= 15 is 0 Å². The second-order valence-corrected chi connectivity index (χ2v) is 5.33. The van der Waals surface area contributed by atoms with Crippen LogP contribution in [0.25, 0.3) is 5.69 Å². The van der Waals surface area contributed by atoms with Crippen molar-refractivity contribution in [2.45, 2.75) is 13.3 Å². The van der Waals surface area contributed by atoms with Crippen molar-refractivity contribution in [2.24, 2.45) is 0 Å². The molecule has 0 radical (unpaired) electrons. The lowest BCUT2D eigenvalue weighted by molar-refractivity contribution is -0.131. The summed E-state index contributed by atoms with van der Waals surface area (Å²) in [5.74, 6) is 0.218. The molecular formula is C15H20N6O. The van der Waals surface area contributed by atoms with Crippen molar-refractivity contribution < 1.29 is 4.79 Å². The van der Waals surface area contributed by atoms with Crippen LogP contribution in [0.5, 0.6) is 0 Å². The number of rotatable bonds is 3. The monoisotopic (exact) mass is 300 g/mol. The number of hydrogen-bond acceptors (Lipinski definition) is 5. The van der Waals surface area contributed by atoms with E-state index < -0.39 is 0 Å². The standard InChI is InChI=1S/C15H20N6O/c1-2-15(22)20-7-5-19(6-8-20)14-4-3-12(9-13(14)16)21-10-17-18-11-21/h3-4,9-11H,2,5-8,16H2,1H3. The predicted octanol–water partition coefficient (Wildman–Crippen LogP) is 0.908. The van der Waals surface area contributed by atoms with Gasteiger partial charge in [-0.25, -0.2) is 0 Å². The zero-order valence-electron chi connectivity index (χ0n) is 12.6. The fourth-order valence-corrected chi connectivity index (χ4v) is 2.74. The first kappa shape index (κ1) is 14.4. The van der Waals surface area contributed by atoms with E-state index in [0.717, 1.165) is 43.2 Å². The van der Waals surface area contributed by atoms with Gasteiger partial charge in [0.2, 0.25) is 5.91 Å². The predicted molar refractivity (Wildman–Crippen MR) is 84.9 cm³/mol. The summed E-state index contributed by atoms with van der Waals surface area (Å²) in [6.45, 7) is 5.01. The minimum Gasteiger partial charge on any atom is -0.397 e. The number of nitrogens with two attached hydrogens (primary N) is 1. The molecule has 1 fully saturated rings. The molecule has 3 rings (SSSR count). The average molecular weight is 300 g/mol. The van der Waals surface area contributed by atoms with E-state index in [-0.39, 0.29) is 5.91 Å². The van der Waals surface area contributed by atoms with Gasteiger partial charge in [-0.3, -0.25) is 9.36 Å². The number of nitrogens with zero attached hydrogens (tertiary/aromatic N) is 5. The zero-order valence-corrected chi connectivity index (χ0v) is 12.6. The van der Waals surface area contributed by atoms with E-state index in [2.05, 4.69) is 15.1 Å². The molecule has 1 saturated heterocycles. The third-order valence-electron chi connectivity index (χ3n) is 4.00. The minimum absolute atomic E-state index is 0.218. The molecule has 2 heterocycles. The molecule has 0 aliphatic carbocycles. The summed E-state index contributed by atoms with van der Waals surface area (Å²) in [6, 6.07) is 5.93. The van der Waals surface area contributed by atoms with E-state index in [0.29, 0.717) is 6.42 Å². The molecule has 116 valence electrons. The number of amides is 1. The topological polar surface area (TPSA) is 80.3 Å². The third kappa shape index (κ3) is 2.74. The van der Waals surface area contributed by atoms with Gasteiger partial charge in [0.1, 0.15) is 12.7 Å². The van der Waals surface area contributed by atoms with Gasteiger partial charge in [0.25, 0.3) is 0 Å². The van der Waals surface area contributed by atoms with E-state index in [9.17, 15) is 4.79 Å². The van der Waals surface area contributed by atoms with E-state index in [1.807, 2.05) is 34.6 Å². The lowest BCUT2D eigenvalue weighted by Crippen LogP contribution is -2.48. The van der Waals surface area contributed by atoms with Crippen LogP contribution in [0.3, 0.4) is 0 Å². The Morgan fingerprint density at radius 2 is 1.86 bits per heavy atom. The van der Waals surface area contributed by atoms with Crippen LogP contribution in [0.4, 0.5) is 11.4 Å². The molecule has 1 aliphatic heterocycles. The molecule has 0 saturated carbocycles. The second-order valence-electron chi connectivity index (χ2n) is 5.33. The summed E-state index contributed by atoms with van der Waals surface area (Å²) in [4.78, 5) is 15.9. The van der Waals surface area contributed by atoms with Crippen molar-refractivity contribution >= 4 is 17.3 Å². The highest BCUT2D eigenvalue weighted by atomic mass is 16.2. The van der Waals surface area contributed by atoms with Crippen molar-refractivity contribution in [1.29, 1.82) is 0 Å². The first-order chi connectivity index (χ1) is 10.7. The Balaban J connectivity index is 1.72. The molecule has 0 unspecified atom stereocenters. The number of anilines is 2. The largest absolute Gasteiger partial charge is 0.397 e. The molecule has 1 aromatic heterocycles. The summed E-state index contributed by atoms with van der Waals surface area (Å²) >= 11 is 0. The van der Waals surface area contributed by atoms with E-state index in [4.69, 9.17) is 5.73 Å². The van der Waals surface area contributed by atoms with Gasteiger partial charge in [0, 0.05) is 32.6 Å². The first-order valence-corrected chi connectivity index (χ1v) is 7.46. The number of carbonyl (C=O) groups excluding carboxylic acids is 1. The maximum atomic E-state index is 11.7.